The Labute approximate surface area is 178 Å². The van der Waals surface area contributed by atoms with Crippen LogP contribution in [-0.2, 0) is 14.0 Å². The minimum absolute atomic E-state index is 0.215. The Morgan fingerprint density at radius 3 is 2.45 bits per heavy atom. The lowest BCUT2D eigenvalue weighted by Gasteiger charge is -2.32. The summed E-state index contributed by atoms with van der Waals surface area (Å²) in [5.74, 6) is 0. The zero-order valence-corrected chi connectivity index (χ0v) is 19.0. The number of amides is 1. The fraction of sp³-hybridized carbons (Fsp3) is 0.524. The van der Waals surface area contributed by atoms with Crippen LogP contribution in [0.1, 0.15) is 54.0 Å². The first-order chi connectivity index (χ1) is 13.3. The predicted octanol–water partition coefficient (Wildman–Crippen LogP) is 4.96. The van der Waals surface area contributed by atoms with Crippen molar-refractivity contribution in [2.24, 2.45) is 4.99 Å². The van der Waals surface area contributed by atoms with E-state index in [1.165, 1.54) is 0 Å². The normalized spacial score (nSPS) is 18.2. The van der Waals surface area contributed by atoms with E-state index in [1.807, 2.05) is 78.8 Å². The van der Waals surface area contributed by atoms with Crippen LogP contribution >= 0.6 is 12.2 Å². The molecule has 6 nitrogen and oxygen atoms in total. The van der Waals surface area contributed by atoms with Crippen LogP contribution in [0.25, 0.3) is 6.08 Å². The largest absolute Gasteiger partial charge is 0.492 e. The van der Waals surface area contributed by atoms with Crippen molar-refractivity contribution in [2.45, 2.75) is 65.3 Å². The van der Waals surface area contributed by atoms with Crippen molar-refractivity contribution in [1.82, 2.24) is 5.32 Å². The highest BCUT2D eigenvalue weighted by molar-refractivity contribution is 7.78. The number of alkyl carbamates (subject to hydrolysis) is 1. The highest BCUT2D eigenvalue weighted by atomic mass is 32.1. The van der Waals surface area contributed by atoms with Crippen LogP contribution in [0.15, 0.2) is 34.7 Å². The third-order valence-electron chi connectivity index (χ3n) is 4.79. The fourth-order valence-corrected chi connectivity index (χ4v) is 2.74. The molecule has 0 saturated carbocycles. The van der Waals surface area contributed by atoms with E-state index in [9.17, 15) is 4.79 Å². The third kappa shape index (κ3) is 6.51. The molecule has 1 fully saturated rings. The van der Waals surface area contributed by atoms with E-state index in [0.29, 0.717) is 5.69 Å². The lowest BCUT2D eigenvalue weighted by molar-refractivity contribution is 0.00578. The van der Waals surface area contributed by atoms with Crippen LogP contribution in [-0.4, -0.2) is 41.7 Å². The number of nitrogens with one attached hydrogen (secondary N) is 1. The monoisotopic (exact) mass is 416 g/mol. The molecule has 1 aromatic rings. The minimum atomic E-state index is -0.604. The van der Waals surface area contributed by atoms with Crippen molar-refractivity contribution >= 4 is 42.4 Å². The van der Waals surface area contributed by atoms with E-state index in [2.05, 4.69) is 27.7 Å². The summed E-state index contributed by atoms with van der Waals surface area (Å²) in [7, 11) is -0.604. The second-order valence-electron chi connectivity index (χ2n) is 8.96. The number of benzene rings is 1. The molecule has 1 aliphatic heterocycles. The van der Waals surface area contributed by atoms with Gasteiger partial charge in [0.2, 0.25) is 0 Å². The van der Waals surface area contributed by atoms with E-state index >= 15 is 0 Å². The van der Waals surface area contributed by atoms with Gasteiger partial charge in [-0.1, -0.05) is 18.2 Å². The number of thiocarbonyl (C=S) groups is 1. The third-order valence-corrected chi connectivity index (χ3v) is 4.88. The summed E-state index contributed by atoms with van der Waals surface area (Å²) >= 11 is 4.68. The molecule has 156 valence electrons. The molecule has 2 rings (SSSR count). The summed E-state index contributed by atoms with van der Waals surface area (Å²) < 4.78 is 17.7. The number of nitrogens with zero attached hydrogens (tertiary/aromatic N) is 1. The Morgan fingerprint density at radius 2 is 1.90 bits per heavy atom. The topological polar surface area (TPSA) is 69.2 Å². The lowest BCUT2D eigenvalue weighted by atomic mass is 9.77. The molecule has 0 spiro atoms. The average molecular weight is 416 g/mol. The van der Waals surface area contributed by atoms with E-state index in [-0.39, 0.29) is 6.54 Å². The van der Waals surface area contributed by atoms with Crippen molar-refractivity contribution in [1.29, 1.82) is 0 Å². The molecule has 29 heavy (non-hydrogen) atoms. The van der Waals surface area contributed by atoms with Gasteiger partial charge in [-0.2, -0.15) is 4.99 Å². The molecule has 0 atom stereocenters. The summed E-state index contributed by atoms with van der Waals surface area (Å²) in [6.45, 7) is 13.6. The number of ether oxygens (including phenoxy) is 1. The molecular formula is C21H29BN2O4S. The highest BCUT2D eigenvalue weighted by Gasteiger charge is 2.52. The zero-order valence-electron chi connectivity index (χ0n) is 18.2. The molecule has 1 aliphatic rings. The Balaban J connectivity index is 2.30. The van der Waals surface area contributed by atoms with Gasteiger partial charge in [-0.15, -0.1) is 0 Å². The molecule has 0 unspecified atom stereocenters. The SMILES string of the molecule is CC(C)(C)OC(=O)NCC(=Cc1cccc(N=C=S)c1)B1OC(C)(C)C(C)(C)O1. The van der Waals surface area contributed by atoms with Gasteiger partial charge in [-0.3, -0.25) is 0 Å². The van der Waals surface area contributed by atoms with Crippen LogP contribution in [0, 0.1) is 0 Å². The molecule has 1 aromatic carbocycles. The number of isothiocyanates is 1. The molecule has 0 radical (unpaired) electrons. The molecule has 0 bridgehead atoms. The molecule has 0 aliphatic carbocycles. The maximum atomic E-state index is 12.1. The van der Waals surface area contributed by atoms with Crippen molar-refractivity contribution in [2.75, 3.05) is 6.54 Å². The number of hydrogen-bond acceptors (Lipinski definition) is 6. The van der Waals surface area contributed by atoms with Gasteiger partial charge in [0.05, 0.1) is 22.1 Å². The summed E-state index contributed by atoms with van der Waals surface area (Å²) in [5, 5.41) is 5.16. The average Bonchev–Trinajstić information content (AvgIpc) is 2.78. The first-order valence-electron chi connectivity index (χ1n) is 9.54. The van der Waals surface area contributed by atoms with Gasteiger partial charge < -0.3 is 19.4 Å². The Bertz CT molecular complexity index is 823. The van der Waals surface area contributed by atoms with E-state index in [4.69, 9.17) is 14.0 Å². The van der Waals surface area contributed by atoms with Crippen molar-refractivity contribution in [3.63, 3.8) is 0 Å². The summed E-state index contributed by atoms with van der Waals surface area (Å²) in [4.78, 5) is 16.2. The van der Waals surface area contributed by atoms with Gasteiger partial charge in [-0.05, 0) is 83.9 Å². The fourth-order valence-electron chi connectivity index (χ4n) is 2.64. The van der Waals surface area contributed by atoms with Gasteiger partial charge >= 0.3 is 13.2 Å². The van der Waals surface area contributed by atoms with Crippen molar-refractivity contribution in [3.8, 4) is 0 Å². The molecule has 1 heterocycles. The Hall–Kier alpha value is -1.99. The van der Waals surface area contributed by atoms with Gasteiger partial charge in [0.15, 0.2) is 0 Å². The summed E-state index contributed by atoms with van der Waals surface area (Å²) in [6, 6.07) is 7.52. The molecular weight excluding hydrogens is 387 g/mol. The van der Waals surface area contributed by atoms with E-state index in [0.717, 1.165) is 11.0 Å². The number of aliphatic imine (C=N–C) groups is 1. The van der Waals surface area contributed by atoms with Crippen molar-refractivity contribution in [3.05, 3.63) is 35.3 Å². The van der Waals surface area contributed by atoms with Crippen LogP contribution in [0.2, 0.25) is 0 Å². The second kappa shape index (κ2) is 8.80. The Kier molecular flexibility index (Phi) is 7.07. The summed E-state index contributed by atoms with van der Waals surface area (Å²) in [5.41, 5.74) is 0.774. The lowest BCUT2D eigenvalue weighted by Crippen LogP contribution is -2.41. The number of rotatable bonds is 5. The highest BCUT2D eigenvalue weighted by Crippen LogP contribution is 2.38. The maximum Gasteiger partial charge on any atom is 0.492 e. The summed E-state index contributed by atoms with van der Waals surface area (Å²) in [6.07, 6.45) is 1.42. The molecule has 0 aromatic heterocycles. The first kappa shape index (κ1) is 23.3. The predicted molar refractivity (Wildman–Crippen MR) is 119 cm³/mol. The van der Waals surface area contributed by atoms with E-state index in [1.54, 1.807) is 0 Å². The van der Waals surface area contributed by atoms with Gasteiger partial charge in [0, 0.05) is 6.54 Å². The molecule has 1 amide bonds. The number of carbonyl (C=O) groups excluding carboxylic acids is 1. The molecule has 8 heteroatoms. The van der Waals surface area contributed by atoms with Crippen LogP contribution < -0.4 is 5.32 Å². The quantitative estimate of drug-likeness (QED) is 0.417. The van der Waals surface area contributed by atoms with Gasteiger partial charge in [0.25, 0.3) is 0 Å². The molecule has 1 saturated heterocycles. The van der Waals surface area contributed by atoms with Crippen LogP contribution in [0.3, 0.4) is 0 Å². The van der Waals surface area contributed by atoms with Crippen molar-refractivity contribution < 1.29 is 18.8 Å². The standard InChI is InChI=1S/C21H29BN2O4S/c1-19(2,3)26-18(25)23-13-16(22-27-20(4,5)21(6,7)28-22)11-15-9-8-10-17(12-15)24-14-29/h8-12H,13H2,1-7H3,(H,23,25). The Morgan fingerprint density at radius 1 is 1.28 bits per heavy atom. The minimum Gasteiger partial charge on any atom is -0.444 e. The van der Waals surface area contributed by atoms with E-state index < -0.39 is 30.0 Å². The van der Waals surface area contributed by atoms with Crippen LogP contribution in [0.5, 0.6) is 0 Å². The first-order valence-corrected chi connectivity index (χ1v) is 9.95. The molecule has 1 N–H and O–H groups in total. The number of carbonyl (C=O) groups is 1. The van der Waals surface area contributed by atoms with Crippen LogP contribution in [0.4, 0.5) is 10.5 Å². The maximum absolute atomic E-state index is 12.1. The smallest absolute Gasteiger partial charge is 0.444 e. The van der Waals surface area contributed by atoms with Gasteiger partial charge in [0.1, 0.15) is 5.60 Å². The van der Waals surface area contributed by atoms with Gasteiger partial charge in [-0.25, -0.2) is 4.79 Å². The number of hydrogen-bond donors (Lipinski definition) is 1. The second-order valence-corrected chi connectivity index (χ2v) is 9.14. The zero-order chi connectivity index (χ0) is 21.9.